The molecule has 0 spiro atoms. The minimum atomic E-state index is 0.398. The molecule has 0 aromatic rings. The van der Waals surface area contributed by atoms with Gasteiger partial charge in [0, 0.05) is 20.3 Å². The van der Waals surface area contributed by atoms with Gasteiger partial charge in [0.25, 0.3) is 0 Å². The first-order valence-corrected chi connectivity index (χ1v) is 7.34. The molecule has 0 aromatic carbocycles. The number of nitrogens with two attached hydrogens (primary N) is 1. The molecule has 0 aliphatic carbocycles. The van der Waals surface area contributed by atoms with Gasteiger partial charge in [-0.05, 0) is 18.8 Å². The Kier molecular flexibility index (Phi) is 51.5. The molecule has 1 unspecified atom stereocenters. The summed E-state index contributed by atoms with van der Waals surface area (Å²) in [5.74, 6) is 0. The molecule has 0 saturated carbocycles. The fourth-order valence-corrected chi connectivity index (χ4v) is 0.455. The molecular weight excluding hydrogens is 222 g/mol. The Hall–Kier alpha value is -0.0800. The van der Waals surface area contributed by atoms with E-state index in [4.69, 9.17) is 5.73 Å². The van der Waals surface area contributed by atoms with E-state index in [0.29, 0.717) is 11.5 Å². The summed E-state index contributed by atoms with van der Waals surface area (Å²) in [6.45, 7) is 20.9. The van der Waals surface area contributed by atoms with Gasteiger partial charge in [-0.25, -0.2) is 0 Å². The van der Waals surface area contributed by atoms with Gasteiger partial charge in [0.15, 0.2) is 0 Å². The lowest BCUT2D eigenvalue weighted by molar-refractivity contribution is 0.277. The van der Waals surface area contributed by atoms with Crippen LogP contribution in [0.2, 0.25) is 0 Å². The Labute approximate surface area is 119 Å². The number of rotatable bonds is 2. The van der Waals surface area contributed by atoms with Gasteiger partial charge in [-0.3, -0.25) is 0 Å². The SMILES string of the molecule is CC.CC.CC(C)(C)C.CCCC(C)N.COC. The van der Waals surface area contributed by atoms with Gasteiger partial charge in [0.1, 0.15) is 0 Å². The van der Waals surface area contributed by atoms with E-state index in [0.717, 1.165) is 6.42 Å². The molecule has 0 fully saturated rings. The predicted molar refractivity (Wildman–Crippen MR) is 89.3 cm³/mol. The van der Waals surface area contributed by atoms with Crippen LogP contribution in [0.4, 0.5) is 0 Å². The van der Waals surface area contributed by atoms with Crippen LogP contribution in [0.3, 0.4) is 0 Å². The van der Waals surface area contributed by atoms with Gasteiger partial charge >= 0.3 is 0 Å². The molecule has 2 heteroatoms. The minimum absolute atomic E-state index is 0.398. The molecule has 0 amide bonds. The Balaban J connectivity index is -0.0000000426. The zero-order valence-electron chi connectivity index (χ0n) is 15.5. The van der Waals surface area contributed by atoms with E-state index < -0.39 is 0 Å². The molecular formula is C16H43NO. The van der Waals surface area contributed by atoms with Crippen molar-refractivity contribution in [3.63, 3.8) is 0 Å². The molecule has 1 atom stereocenters. The van der Waals surface area contributed by atoms with Crippen LogP contribution in [-0.4, -0.2) is 20.3 Å². The second-order valence-electron chi connectivity index (χ2n) is 5.17. The lowest BCUT2D eigenvalue weighted by Gasteiger charge is -2.05. The van der Waals surface area contributed by atoms with E-state index in [1.54, 1.807) is 14.2 Å². The molecule has 0 radical (unpaired) electrons. The summed E-state index contributed by atoms with van der Waals surface area (Å²) < 4.78 is 4.25. The highest BCUT2D eigenvalue weighted by Gasteiger charge is 1.95. The van der Waals surface area contributed by atoms with E-state index in [-0.39, 0.29) is 0 Å². The van der Waals surface area contributed by atoms with Crippen LogP contribution in [-0.2, 0) is 4.74 Å². The number of methoxy groups -OCH3 is 1. The van der Waals surface area contributed by atoms with Crippen LogP contribution in [0.5, 0.6) is 0 Å². The maximum atomic E-state index is 5.40. The van der Waals surface area contributed by atoms with Crippen molar-refractivity contribution in [2.45, 2.75) is 88.1 Å². The Morgan fingerprint density at radius 2 is 1.11 bits per heavy atom. The summed E-state index contributed by atoms with van der Waals surface area (Å²) in [5.41, 5.74) is 5.90. The highest BCUT2D eigenvalue weighted by Crippen LogP contribution is 2.08. The average molecular weight is 266 g/mol. The Bertz CT molecular complexity index is 79.6. The number of hydrogen-bond donors (Lipinski definition) is 1. The second-order valence-corrected chi connectivity index (χ2v) is 5.17. The van der Waals surface area contributed by atoms with Gasteiger partial charge < -0.3 is 10.5 Å². The van der Waals surface area contributed by atoms with Crippen LogP contribution < -0.4 is 5.73 Å². The monoisotopic (exact) mass is 265 g/mol. The largest absolute Gasteiger partial charge is 0.388 e. The topological polar surface area (TPSA) is 35.2 Å². The first kappa shape index (κ1) is 30.7. The fraction of sp³-hybridized carbons (Fsp3) is 1.00. The summed E-state index contributed by atoms with van der Waals surface area (Å²) in [6.07, 6.45) is 2.36. The summed E-state index contributed by atoms with van der Waals surface area (Å²) in [4.78, 5) is 0. The fourth-order valence-electron chi connectivity index (χ4n) is 0.455. The van der Waals surface area contributed by atoms with Crippen molar-refractivity contribution in [1.29, 1.82) is 0 Å². The van der Waals surface area contributed by atoms with Crippen molar-refractivity contribution in [1.82, 2.24) is 0 Å². The van der Waals surface area contributed by atoms with Crippen LogP contribution in [0, 0.1) is 5.41 Å². The van der Waals surface area contributed by atoms with Gasteiger partial charge in [-0.2, -0.15) is 0 Å². The van der Waals surface area contributed by atoms with Crippen LogP contribution in [0.25, 0.3) is 0 Å². The molecule has 118 valence electrons. The zero-order valence-corrected chi connectivity index (χ0v) is 15.5. The molecule has 0 aromatic heterocycles. The van der Waals surface area contributed by atoms with Crippen molar-refractivity contribution in [2.75, 3.05) is 14.2 Å². The van der Waals surface area contributed by atoms with Crippen molar-refractivity contribution >= 4 is 0 Å². The molecule has 0 heterocycles. The van der Waals surface area contributed by atoms with Crippen LogP contribution in [0.1, 0.15) is 82.1 Å². The maximum absolute atomic E-state index is 5.40. The standard InChI is InChI=1S/C5H13N.C5H12.C2H6O.2C2H6/c1-3-4-5(2)6;1-5(2,3)4;1-3-2;2*1-2/h5H,3-4,6H2,1-2H3;1-4H3;1-2H3;2*1-2H3. The third kappa shape index (κ3) is 416. The molecule has 0 aliphatic heterocycles. The van der Waals surface area contributed by atoms with Crippen molar-refractivity contribution in [3.8, 4) is 0 Å². The third-order valence-corrected chi connectivity index (χ3v) is 0.744. The van der Waals surface area contributed by atoms with E-state index in [2.05, 4.69) is 39.4 Å². The third-order valence-electron chi connectivity index (χ3n) is 0.744. The number of hydrogen-bond acceptors (Lipinski definition) is 2. The molecule has 0 aliphatic rings. The van der Waals surface area contributed by atoms with Gasteiger partial charge in [0.2, 0.25) is 0 Å². The van der Waals surface area contributed by atoms with E-state index in [9.17, 15) is 0 Å². The summed E-state index contributed by atoms with van der Waals surface area (Å²) >= 11 is 0. The Morgan fingerprint density at radius 1 is 0.944 bits per heavy atom. The number of ether oxygens (including phenoxy) is 1. The summed E-state index contributed by atoms with van der Waals surface area (Å²) in [6, 6.07) is 0.398. The van der Waals surface area contributed by atoms with Gasteiger partial charge in [-0.1, -0.05) is 68.7 Å². The molecule has 0 bridgehead atoms. The molecule has 0 rings (SSSR count). The van der Waals surface area contributed by atoms with Crippen molar-refractivity contribution in [3.05, 3.63) is 0 Å². The minimum Gasteiger partial charge on any atom is -0.388 e. The van der Waals surface area contributed by atoms with Crippen molar-refractivity contribution < 1.29 is 4.74 Å². The highest BCUT2D eigenvalue weighted by atomic mass is 16.4. The lowest BCUT2D eigenvalue weighted by atomic mass is 10.0. The molecule has 0 saturated heterocycles. The lowest BCUT2D eigenvalue weighted by Crippen LogP contribution is -2.13. The van der Waals surface area contributed by atoms with E-state index in [1.807, 2.05) is 34.6 Å². The Morgan fingerprint density at radius 3 is 1.11 bits per heavy atom. The van der Waals surface area contributed by atoms with E-state index >= 15 is 0 Å². The maximum Gasteiger partial charge on any atom is 0.0351 e. The summed E-state index contributed by atoms with van der Waals surface area (Å²) in [7, 11) is 3.25. The smallest absolute Gasteiger partial charge is 0.0351 e. The van der Waals surface area contributed by atoms with Crippen LogP contribution in [0.15, 0.2) is 0 Å². The van der Waals surface area contributed by atoms with Crippen LogP contribution >= 0.6 is 0 Å². The van der Waals surface area contributed by atoms with Gasteiger partial charge in [0.05, 0.1) is 0 Å². The van der Waals surface area contributed by atoms with E-state index in [1.165, 1.54) is 6.42 Å². The molecule has 2 N–H and O–H groups in total. The quantitative estimate of drug-likeness (QED) is 0.715. The first-order valence-electron chi connectivity index (χ1n) is 7.34. The normalized spacial score (nSPS) is 9.83. The first-order chi connectivity index (χ1) is 8.18. The molecule has 2 nitrogen and oxygen atoms in total. The molecule has 18 heavy (non-hydrogen) atoms. The zero-order chi connectivity index (χ0) is 16.2. The van der Waals surface area contributed by atoms with Gasteiger partial charge in [-0.15, -0.1) is 0 Å². The van der Waals surface area contributed by atoms with Crippen molar-refractivity contribution in [2.24, 2.45) is 11.1 Å². The second kappa shape index (κ2) is 30.2. The summed E-state index contributed by atoms with van der Waals surface area (Å²) in [5, 5.41) is 0. The highest BCUT2D eigenvalue weighted by molar-refractivity contribution is 4.48. The predicted octanol–water partition coefficient (Wildman–Crippen LogP) is 5.50. The average Bonchev–Trinajstić information content (AvgIpc) is 2.22.